The molecule has 7 nitrogen and oxygen atoms in total. The molecule has 0 radical (unpaired) electrons. The number of aromatic nitrogens is 3. The minimum Gasteiger partial charge on any atom is -0.480 e. The molecule has 0 unspecified atom stereocenters. The second kappa shape index (κ2) is 5.65. The van der Waals surface area contributed by atoms with Crippen LogP contribution in [0.1, 0.15) is 29.2 Å². The van der Waals surface area contributed by atoms with Crippen LogP contribution in [0.4, 0.5) is 0 Å². The number of carboxylic acid groups (broad SMARTS) is 1. The molecular formula is C13H16N4O3S. The predicted molar refractivity (Wildman–Crippen MR) is 77.3 cm³/mol. The van der Waals surface area contributed by atoms with E-state index < -0.39 is 17.4 Å². The number of rotatable bonds is 5. The van der Waals surface area contributed by atoms with Crippen molar-refractivity contribution >= 4 is 23.2 Å². The van der Waals surface area contributed by atoms with E-state index in [1.165, 1.54) is 27.1 Å². The molecule has 2 heterocycles. The predicted octanol–water partition coefficient (Wildman–Crippen LogP) is 1.32. The lowest BCUT2D eigenvalue weighted by atomic mass is 10.0. The van der Waals surface area contributed by atoms with E-state index in [9.17, 15) is 9.59 Å². The summed E-state index contributed by atoms with van der Waals surface area (Å²) >= 11 is 1.59. The summed E-state index contributed by atoms with van der Waals surface area (Å²) < 4.78 is 1.56. The Morgan fingerprint density at radius 3 is 2.76 bits per heavy atom. The van der Waals surface area contributed by atoms with Gasteiger partial charge in [-0.15, -0.1) is 16.4 Å². The van der Waals surface area contributed by atoms with Crippen LogP contribution in [-0.2, 0) is 11.3 Å². The number of carbonyl (C=O) groups is 2. The molecule has 0 aliphatic rings. The molecule has 2 rings (SSSR count). The normalized spacial score (nSPS) is 11.4. The zero-order valence-electron chi connectivity index (χ0n) is 12.0. The fraction of sp³-hybridized carbons (Fsp3) is 0.385. The number of carboxylic acids is 1. The standard InChI is InChI=1S/C13H16N4O3S/c1-13(2,12(19)20)16(3)11(18)10-8-17(15-14-10)7-9-5-4-6-21-9/h4-6,8H,7H2,1-3H3,(H,19,20). The topological polar surface area (TPSA) is 88.3 Å². The zero-order valence-corrected chi connectivity index (χ0v) is 12.8. The summed E-state index contributed by atoms with van der Waals surface area (Å²) in [5.74, 6) is -1.55. The SMILES string of the molecule is CN(C(=O)c1cn(Cc2cccs2)nn1)C(C)(C)C(=O)O. The number of carbonyl (C=O) groups excluding carboxylic acids is 1. The van der Waals surface area contributed by atoms with Crippen molar-refractivity contribution in [2.24, 2.45) is 0 Å². The van der Waals surface area contributed by atoms with Gasteiger partial charge in [0.25, 0.3) is 5.91 Å². The molecule has 2 aromatic rings. The van der Waals surface area contributed by atoms with E-state index in [4.69, 9.17) is 5.11 Å². The Hall–Kier alpha value is -2.22. The third kappa shape index (κ3) is 3.10. The third-order valence-corrected chi connectivity index (χ3v) is 4.18. The van der Waals surface area contributed by atoms with Crippen LogP contribution in [0.15, 0.2) is 23.7 Å². The van der Waals surface area contributed by atoms with E-state index in [0.29, 0.717) is 6.54 Å². The lowest BCUT2D eigenvalue weighted by molar-refractivity contribution is -0.147. The molecule has 0 aromatic carbocycles. The highest BCUT2D eigenvalue weighted by Gasteiger charge is 2.36. The van der Waals surface area contributed by atoms with Crippen LogP contribution in [0.2, 0.25) is 0 Å². The van der Waals surface area contributed by atoms with Crippen LogP contribution >= 0.6 is 11.3 Å². The van der Waals surface area contributed by atoms with Gasteiger partial charge in [-0.25, -0.2) is 9.48 Å². The van der Waals surface area contributed by atoms with Crippen molar-refractivity contribution in [3.63, 3.8) is 0 Å². The average molecular weight is 308 g/mol. The Kier molecular flexibility index (Phi) is 4.08. The molecule has 112 valence electrons. The van der Waals surface area contributed by atoms with Crippen molar-refractivity contribution in [1.82, 2.24) is 19.9 Å². The summed E-state index contributed by atoms with van der Waals surface area (Å²) in [7, 11) is 1.44. The Balaban J connectivity index is 2.14. The molecule has 2 aromatic heterocycles. The first-order chi connectivity index (χ1) is 9.82. The van der Waals surface area contributed by atoms with Gasteiger partial charge < -0.3 is 10.0 Å². The molecule has 8 heteroatoms. The summed E-state index contributed by atoms with van der Waals surface area (Å²) in [5, 5.41) is 18.8. The average Bonchev–Trinajstić information content (AvgIpc) is 3.09. The second-order valence-electron chi connectivity index (χ2n) is 5.11. The van der Waals surface area contributed by atoms with Crippen LogP contribution in [0, 0.1) is 0 Å². The molecule has 1 amide bonds. The van der Waals surface area contributed by atoms with Gasteiger partial charge in [0.1, 0.15) is 5.54 Å². The van der Waals surface area contributed by atoms with Gasteiger partial charge in [-0.1, -0.05) is 11.3 Å². The number of aliphatic carboxylic acids is 1. The number of amides is 1. The van der Waals surface area contributed by atoms with E-state index in [1.807, 2.05) is 17.5 Å². The van der Waals surface area contributed by atoms with Crippen molar-refractivity contribution in [3.05, 3.63) is 34.3 Å². The summed E-state index contributed by atoms with van der Waals surface area (Å²) in [5.41, 5.74) is -1.18. The van der Waals surface area contributed by atoms with Crippen molar-refractivity contribution in [3.8, 4) is 0 Å². The largest absolute Gasteiger partial charge is 0.480 e. The molecule has 21 heavy (non-hydrogen) atoms. The minimum atomic E-state index is -1.31. The first-order valence-corrected chi connectivity index (χ1v) is 7.14. The first-order valence-electron chi connectivity index (χ1n) is 6.26. The van der Waals surface area contributed by atoms with Gasteiger partial charge in [-0.3, -0.25) is 4.79 Å². The lowest BCUT2D eigenvalue weighted by Gasteiger charge is -2.30. The van der Waals surface area contributed by atoms with Gasteiger partial charge >= 0.3 is 5.97 Å². The molecule has 0 bridgehead atoms. The van der Waals surface area contributed by atoms with Crippen LogP contribution in [-0.4, -0.2) is 49.5 Å². The molecule has 0 atom stereocenters. The summed E-state index contributed by atoms with van der Waals surface area (Å²) in [4.78, 5) is 25.7. The Bertz CT molecular complexity index is 648. The second-order valence-corrected chi connectivity index (χ2v) is 6.14. The fourth-order valence-electron chi connectivity index (χ4n) is 1.61. The van der Waals surface area contributed by atoms with Crippen molar-refractivity contribution in [1.29, 1.82) is 0 Å². The lowest BCUT2D eigenvalue weighted by Crippen LogP contribution is -2.50. The van der Waals surface area contributed by atoms with Gasteiger partial charge in [0.05, 0.1) is 12.7 Å². The van der Waals surface area contributed by atoms with Gasteiger partial charge in [0, 0.05) is 11.9 Å². The van der Waals surface area contributed by atoms with Gasteiger partial charge in [-0.2, -0.15) is 0 Å². The van der Waals surface area contributed by atoms with E-state index in [1.54, 1.807) is 16.0 Å². The molecular weight excluding hydrogens is 292 g/mol. The highest BCUT2D eigenvalue weighted by Crippen LogP contribution is 2.16. The van der Waals surface area contributed by atoms with E-state index in [0.717, 1.165) is 9.78 Å². The zero-order chi connectivity index (χ0) is 15.6. The molecule has 0 fully saturated rings. The maximum absolute atomic E-state index is 12.3. The molecule has 0 saturated carbocycles. The Morgan fingerprint density at radius 2 is 2.19 bits per heavy atom. The number of hydrogen-bond acceptors (Lipinski definition) is 5. The monoisotopic (exact) mass is 308 g/mol. The number of hydrogen-bond donors (Lipinski definition) is 1. The first kappa shape index (κ1) is 15.2. The van der Waals surface area contributed by atoms with Crippen molar-refractivity contribution in [2.45, 2.75) is 25.9 Å². The molecule has 0 aliphatic heterocycles. The van der Waals surface area contributed by atoms with E-state index in [2.05, 4.69) is 10.3 Å². The Morgan fingerprint density at radius 1 is 1.48 bits per heavy atom. The van der Waals surface area contributed by atoms with E-state index >= 15 is 0 Å². The fourth-order valence-corrected chi connectivity index (χ4v) is 2.30. The van der Waals surface area contributed by atoms with Crippen LogP contribution in [0.3, 0.4) is 0 Å². The molecule has 1 N–H and O–H groups in total. The van der Waals surface area contributed by atoms with Crippen molar-refractivity contribution < 1.29 is 14.7 Å². The third-order valence-electron chi connectivity index (χ3n) is 3.32. The molecule has 0 aliphatic carbocycles. The number of nitrogens with zero attached hydrogens (tertiary/aromatic N) is 4. The minimum absolute atomic E-state index is 0.128. The van der Waals surface area contributed by atoms with Gasteiger partial charge in [0.2, 0.25) is 0 Å². The quantitative estimate of drug-likeness (QED) is 0.900. The summed E-state index contributed by atoms with van der Waals surface area (Å²) in [6.45, 7) is 3.45. The number of thiophene rings is 1. The van der Waals surface area contributed by atoms with Crippen molar-refractivity contribution in [2.75, 3.05) is 7.05 Å². The molecule has 0 spiro atoms. The van der Waals surface area contributed by atoms with E-state index in [-0.39, 0.29) is 5.69 Å². The van der Waals surface area contributed by atoms with Gasteiger partial charge in [0.15, 0.2) is 5.69 Å². The Labute approximate surface area is 125 Å². The smallest absolute Gasteiger partial charge is 0.329 e. The highest BCUT2D eigenvalue weighted by molar-refractivity contribution is 7.09. The number of likely N-dealkylation sites (N-methyl/N-ethyl adjacent to an activating group) is 1. The summed E-state index contributed by atoms with van der Waals surface area (Å²) in [6, 6.07) is 3.90. The maximum atomic E-state index is 12.3. The summed E-state index contributed by atoms with van der Waals surface area (Å²) in [6.07, 6.45) is 1.52. The molecule has 0 saturated heterocycles. The van der Waals surface area contributed by atoms with Gasteiger partial charge in [-0.05, 0) is 25.3 Å². The van der Waals surface area contributed by atoms with Crippen LogP contribution in [0.25, 0.3) is 0 Å². The van der Waals surface area contributed by atoms with Crippen LogP contribution < -0.4 is 0 Å². The van der Waals surface area contributed by atoms with Crippen LogP contribution in [0.5, 0.6) is 0 Å². The highest BCUT2D eigenvalue weighted by atomic mass is 32.1. The maximum Gasteiger partial charge on any atom is 0.329 e.